The zero-order valence-electron chi connectivity index (χ0n) is 10.9. The monoisotopic (exact) mass is 262 g/mol. The Kier molecular flexibility index (Phi) is 3.76. The maximum Gasteiger partial charge on any atom is 0.100 e. The number of rotatable bonds is 4. The van der Waals surface area contributed by atoms with Gasteiger partial charge in [-0.2, -0.15) is 5.26 Å². The summed E-state index contributed by atoms with van der Waals surface area (Å²) in [6.45, 7) is 3.07. The highest BCUT2D eigenvalue weighted by Crippen LogP contribution is 2.28. The van der Waals surface area contributed by atoms with Crippen molar-refractivity contribution < 1.29 is 9.47 Å². The van der Waals surface area contributed by atoms with Gasteiger partial charge in [0.05, 0.1) is 37.4 Å². The van der Waals surface area contributed by atoms with E-state index in [1.165, 1.54) is 0 Å². The molecule has 0 aromatic carbocycles. The van der Waals surface area contributed by atoms with Crippen LogP contribution in [-0.4, -0.2) is 40.9 Å². The van der Waals surface area contributed by atoms with Gasteiger partial charge in [0.25, 0.3) is 0 Å². The van der Waals surface area contributed by atoms with Gasteiger partial charge in [-0.25, -0.2) is 4.68 Å². The average molecular weight is 262 g/mol. The quantitative estimate of drug-likeness (QED) is 0.810. The van der Waals surface area contributed by atoms with E-state index in [0.29, 0.717) is 18.9 Å². The molecule has 1 aromatic rings. The summed E-state index contributed by atoms with van der Waals surface area (Å²) in [7, 11) is 0. The van der Waals surface area contributed by atoms with Crippen LogP contribution in [0.5, 0.6) is 0 Å². The predicted octanol–water partition coefficient (Wildman–Crippen LogP) is 1.03. The van der Waals surface area contributed by atoms with Gasteiger partial charge in [-0.3, -0.25) is 0 Å². The highest BCUT2D eigenvalue weighted by atomic mass is 16.5. The van der Waals surface area contributed by atoms with Crippen LogP contribution in [0.1, 0.15) is 36.6 Å². The summed E-state index contributed by atoms with van der Waals surface area (Å²) in [6.07, 6.45) is 3.73. The Morgan fingerprint density at radius 1 is 1.37 bits per heavy atom. The van der Waals surface area contributed by atoms with E-state index in [0.717, 1.165) is 50.4 Å². The molecule has 102 valence electrons. The molecule has 19 heavy (non-hydrogen) atoms. The molecule has 2 saturated heterocycles. The summed E-state index contributed by atoms with van der Waals surface area (Å²) in [5.74, 6) is 0.319. The summed E-state index contributed by atoms with van der Waals surface area (Å²) >= 11 is 0. The number of aromatic nitrogens is 3. The van der Waals surface area contributed by atoms with E-state index >= 15 is 0 Å². The van der Waals surface area contributed by atoms with Crippen molar-refractivity contribution in [2.24, 2.45) is 0 Å². The van der Waals surface area contributed by atoms with Gasteiger partial charge >= 0.3 is 0 Å². The van der Waals surface area contributed by atoms with E-state index in [9.17, 15) is 0 Å². The molecule has 0 N–H and O–H groups in total. The highest BCUT2D eigenvalue weighted by Gasteiger charge is 2.28. The van der Waals surface area contributed by atoms with Gasteiger partial charge in [0, 0.05) is 19.1 Å². The van der Waals surface area contributed by atoms with Crippen molar-refractivity contribution in [1.29, 1.82) is 5.26 Å². The molecule has 0 saturated carbocycles. The number of nitrogens with zero attached hydrogens (tertiary/aromatic N) is 4. The maximum absolute atomic E-state index is 8.90. The third-order valence-electron chi connectivity index (χ3n) is 3.81. The third kappa shape index (κ3) is 2.62. The van der Waals surface area contributed by atoms with Crippen LogP contribution in [0.2, 0.25) is 0 Å². The number of nitriles is 1. The van der Waals surface area contributed by atoms with Crippen molar-refractivity contribution in [3.8, 4) is 6.07 Å². The fourth-order valence-corrected chi connectivity index (χ4v) is 2.87. The second kappa shape index (κ2) is 5.68. The number of ether oxygens (including phenoxy) is 2. The van der Waals surface area contributed by atoms with Crippen LogP contribution < -0.4 is 0 Å². The van der Waals surface area contributed by atoms with Gasteiger partial charge in [0.15, 0.2) is 0 Å². The molecule has 0 aliphatic carbocycles. The fourth-order valence-electron chi connectivity index (χ4n) is 2.87. The van der Waals surface area contributed by atoms with E-state index in [4.69, 9.17) is 14.7 Å². The first-order valence-corrected chi connectivity index (χ1v) is 6.87. The van der Waals surface area contributed by atoms with Crippen LogP contribution in [0.25, 0.3) is 0 Å². The minimum Gasteiger partial charge on any atom is -0.381 e. The van der Waals surface area contributed by atoms with Crippen molar-refractivity contribution in [3.05, 3.63) is 11.4 Å². The van der Waals surface area contributed by atoms with Crippen LogP contribution >= 0.6 is 0 Å². The molecule has 1 aromatic heterocycles. The van der Waals surface area contributed by atoms with E-state index < -0.39 is 0 Å². The molecule has 2 atom stereocenters. The number of hydrogen-bond donors (Lipinski definition) is 0. The van der Waals surface area contributed by atoms with Crippen molar-refractivity contribution in [3.63, 3.8) is 0 Å². The van der Waals surface area contributed by atoms with Crippen molar-refractivity contribution in [2.75, 3.05) is 19.8 Å². The molecular formula is C13H18N4O2. The molecule has 0 radical (unpaired) electrons. The van der Waals surface area contributed by atoms with Gasteiger partial charge < -0.3 is 9.47 Å². The molecular weight excluding hydrogens is 244 g/mol. The smallest absolute Gasteiger partial charge is 0.100 e. The summed E-state index contributed by atoms with van der Waals surface area (Å²) in [4.78, 5) is 0. The van der Waals surface area contributed by atoms with E-state index in [1.807, 2.05) is 4.68 Å². The molecule has 2 aliphatic heterocycles. The summed E-state index contributed by atoms with van der Waals surface area (Å²) in [5.41, 5.74) is 1.88. The lowest BCUT2D eigenvalue weighted by Crippen LogP contribution is -2.20. The molecule has 3 heterocycles. The summed E-state index contributed by atoms with van der Waals surface area (Å²) in [5, 5.41) is 17.3. The molecule has 0 bridgehead atoms. The molecule has 6 nitrogen and oxygen atoms in total. The van der Waals surface area contributed by atoms with Crippen molar-refractivity contribution >= 4 is 0 Å². The normalized spacial score (nSPS) is 26.7. The number of hydrogen-bond acceptors (Lipinski definition) is 5. The molecule has 3 rings (SSSR count). The van der Waals surface area contributed by atoms with Crippen LogP contribution in [-0.2, 0) is 22.4 Å². The Hall–Kier alpha value is -1.45. The lowest BCUT2D eigenvalue weighted by atomic mass is 10.0. The Bertz CT molecular complexity index is 467. The summed E-state index contributed by atoms with van der Waals surface area (Å²) in [6, 6.07) is 2.17. The third-order valence-corrected chi connectivity index (χ3v) is 3.81. The van der Waals surface area contributed by atoms with Crippen LogP contribution in [0, 0.1) is 11.3 Å². The first-order valence-electron chi connectivity index (χ1n) is 6.87. The van der Waals surface area contributed by atoms with Crippen LogP contribution in [0.3, 0.4) is 0 Å². The Morgan fingerprint density at radius 2 is 2.32 bits per heavy atom. The fraction of sp³-hybridized carbons (Fsp3) is 0.769. The second-order valence-corrected chi connectivity index (χ2v) is 5.13. The Balaban J connectivity index is 1.83. The van der Waals surface area contributed by atoms with Gasteiger partial charge in [0.2, 0.25) is 0 Å². The Labute approximate surface area is 112 Å². The standard InChI is InChI=1S/C13H18N4O2/c14-5-3-12-13(10-4-7-18-9-10)17(16-15-12)8-11-2-1-6-19-11/h10-11H,1-4,6-9H2. The predicted molar refractivity (Wildman–Crippen MR) is 66.5 cm³/mol. The van der Waals surface area contributed by atoms with Gasteiger partial charge in [-0.05, 0) is 19.3 Å². The van der Waals surface area contributed by atoms with Crippen molar-refractivity contribution in [2.45, 2.75) is 44.2 Å². The minimum absolute atomic E-state index is 0.234. The zero-order chi connectivity index (χ0) is 13.1. The van der Waals surface area contributed by atoms with Gasteiger partial charge in [-0.1, -0.05) is 5.21 Å². The largest absolute Gasteiger partial charge is 0.381 e. The summed E-state index contributed by atoms with van der Waals surface area (Å²) < 4.78 is 13.0. The van der Waals surface area contributed by atoms with Crippen molar-refractivity contribution in [1.82, 2.24) is 15.0 Å². The SMILES string of the molecule is N#CCc1nnn(CC2CCCO2)c1C1CCOC1. The first-order chi connectivity index (χ1) is 9.38. The van der Waals surface area contributed by atoms with Crippen LogP contribution in [0.15, 0.2) is 0 Å². The molecule has 2 unspecified atom stereocenters. The maximum atomic E-state index is 8.90. The minimum atomic E-state index is 0.234. The molecule has 2 fully saturated rings. The molecule has 0 spiro atoms. The second-order valence-electron chi connectivity index (χ2n) is 5.13. The Morgan fingerprint density at radius 3 is 3.00 bits per heavy atom. The van der Waals surface area contributed by atoms with E-state index in [2.05, 4.69) is 16.4 Å². The lowest BCUT2D eigenvalue weighted by Gasteiger charge is -2.15. The zero-order valence-corrected chi connectivity index (χ0v) is 10.9. The highest BCUT2D eigenvalue weighted by molar-refractivity contribution is 5.20. The van der Waals surface area contributed by atoms with Crippen LogP contribution in [0.4, 0.5) is 0 Å². The van der Waals surface area contributed by atoms with Gasteiger partial charge in [0.1, 0.15) is 5.69 Å². The molecule has 2 aliphatic rings. The molecule has 6 heteroatoms. The average Bonchev–Trinajstić information content (AvgIpc) is 3.11. The van der Waals surface area contributed by atoms with Gasteiger partial charge in [-0.15, -0.1) is 5.10 Å². The molecule has 0 amide bonds. The lowest BCUT2D eigenvalue weighted by molar-refractivity contribution is 0.0922. The van der Waals surface area contributed by atoms with E-state index in [1.54, 1.807) is 0 Å². The van der Waals surface area contributed by atoms with E-state index in [-0.39, 0.29) is 6.10 Å². The topological polar surface area (TPSA) is 73.0 Å². The first kappa shape index (κ1) is 12.6.